The number of carbonyl (C=O) groups is 4. The number of carbonyl (C=O) groups excluding carboxylic acids is 4. The van der Waals surface area contributed by atoms with Crippen LogP contribution in [0.1, 0.15) is 71.7 Å². The number of hydrogen-bond acceptors (Lipinski definition) is 8. The zero-order valence-electron chi connectivity index (χ0n) is 26.0. The van der Waals surface area contributed by atoms with Crippen LogP contribution in [0.3, 0.4) is 0 Å². The number of amides is 3. The molecule has 0 aliphatic carbocycles. The Bertz CT molecular complexity index is 1410. The van der Waals surface area contributed by atoms with Crippen LogP contribution >= 0.6 is 0 Å². The molecule has 232 valence electrons. The third-order valence-electron chi connectivity index (χ3n) is 8.29. The first-order chi connectivity index (χ1) is 20.3. The van der Waals surface area contributed by atoms with Crippen LogP contribution in [0.5, 0.6) is 0 Å². The summed E-state index contributed by atoms with van der Waals surface area (Å²) >= 11 is 0. The summed E-state index contributed by atoms with van der Waals surface area (Å²) in [6, 6.07) is 5.93. The molecule has 5 bridgehead atoms. The lowest BCUT2D eigenvalue weighted by molar-refractivity contribution is -0.164. The van der Waals surface area contributed by atoms with Gasteiger partial charge in [0.25, 0.3) is 5.91 Å². The number of nitrogens with zero attached hydrogens (tertiary/aromatic N) is 2. The lowest BCUT2D eigenvalue weighted by atomic mass is 9.94. The highest BCUT2D eigenvalue weighted by Gasteiger charge is 2.42. The van der Waals surface area contributed by atoms with E-state index in [0.717, 1.165) is 16.3 Å². The molecule has 0 radical (unpaired) electrons. The molecule has 2 aliphatic rings. The van der Waals surface area contributed by atoms with Gasteiger partial charge in [0.05, 0.1) is 17.7 Å². The molecule has 1 fully saturated rings. The SMILES string of the molecule is CO[C@@H]1/C=C/c2cc3cc(ccc3cn2)[C@@H](C)OC(=O)[C@@]2(C)CCCN(N2)C(=O)[C@H](C)NC(=O)[C@H](C(C)C)NC(=O)[C@@H]1C. The molecule has 1 saturated heterocycles. The van der Waals surface area contributed by atoms with Crippen LogP contribution in [0.4, 0.5) is 0 Å². The second kappa shape index (κ2) is 13.2. The monoisotopic (exact) mass is 593 g/mol. The quantitative estimate of drug-likeness (QED) is 0.452. The summed E-state index contributed by atoms with van der Waals surface area (Å²) in [4.78, 5) is 57.9. The molecule has 1 aromatic heterocycles. The molecule has 2 aromatic rings. The van der Waals surface area contributed by atoms with Crippen molar-refractivity contribution in [1.29, 1.82) is 0 Å². The largest absolute Gasteiger partial charge is 0.456 e. The van der Waals surface area contributed by atoms with Crippen molar-refractivity contribution in [3.8, 4) is 0 Å². The summed E-state index contributed by atoms with van der Waals surface area (Å²) in [5.74, 6) is -2.58. The van der Waals surface area contributed by atoms with Crippen LogP contribution in [0.2, 0.25) is 0 Å². The van der Waals surface area contributed by atoms with E-state index in [1.807, 2.05) is 45.0 Å². The van der Waals surface area contributed by atoms with Crippen molar-refractivity contribution in [1.82, 2.24) is 26.1 Å². The predicted molar refractivity (Wildman–Crippen MR) is 162 cm³/mol. The van der Waals surface area contributed by atoms with Gasteiger partial charge in [0.2, 0.25) is 11.8 Å². The van der Waals surface area contributed by atoms with Crippen LogP contribution < -0.4 is 16.1 Å². The average Bonchev–Trinajstić information content (AvgIpc) is 2.98. The molecule has 6 atom stereocenters. The summed E-state index contributed by atoms with van der Waals surface area (Å²) in [6.45, 7) is 10.8. The smallest absolute Gasteiger partial charge is 0.328 e. The first-order valence-electron chi connectivity index (χ1n) is 14.8. The number of esters is 1. The topological polar surface area (TPSA) is 139 Å². The molecule has 11 nitrogen and oxygen atoms in total. The molecule has 0 saturated carbocycles. The first kappa shape index (κ1) is 32.1. The number of benzene rings is 1. The number of ether oxygens (including phenoxy) is 2. The number of nitrogens with one attached hydrogen (secondary N) is 3. The summed E-state index contributed by atoms with van der Waals surface area (Å²) in [6.07, 6.45) is 5.24. The molecule has 2 aliphatic heterocycles. The van der Waals surface area contributed by atoms with E-state index >= 15 is 0 Å². The lowest BCUT2D eigenvalue weighted by Crippen LogP contribution is -2.65. The normalized spacial score (nSPS) is 30.4. The Balaban J connectivity index is 1.71. The number of cyclic esters (lactones) is 1. The Morgan fingerprint density at radius 1 is 1.05 bits per heavy atom. The van der Waals surface area contributed by atoms with Crippen molar-refractivity contribution >= 4 is 40.5 Å². The van der Waals surface area contributed by atoms with Crippen molar-refractivity contribution in [2.45, 2.75) is 84.2 Å². The van der Waals surface area contributed by atoms with Gasteiger partial charge < -0.3 is 20.1 Å². The molecule has 4 rings (SSSR count). The van der Waals surface area contributed by atoms with Crippen LogP contribution in [-0.2, 0) is 28.7 Å². The van der Waals surface area contributed by atoms with E-state index in [-0.39, 0.29) is 11.8 Å². The molecule has 0 spiro atoms. The highest BCUT2D eigenvalue weighted by molar-refractivity contribution is 5.93. The van der Waals surface area contributed by atoms with E-state index in [1.54, 1.807) is 39.1 Å². The third-order valence-corrected chi connectivity index (χ3v) is 8.29. The lowest BCUT2D eigenvalue weighted by Gasteiger charge is -2.41. The van der Waals surface area contributed by atoms with E-state index in [9.17, 15) is 19.2 Å². The van der Waals surface area contributed by atoms with Gasteiger partial charge in [-0.1, -0.05) is 39.0 Å². The minimum absolute atomic E-state index is 0.250. The zero-order chi connectivity index (χ0) is 31.5. The average molecular weight is 594 g/mol. The van der Waals surface area contributed by atoms with Gasteiger partial charge in [0.1, 0.15) is 23.7 Å². The van der Waals surface area contributed by atoms with Gasteiger partial charge in [-0.2, -0.15) is 0 Å². The van der Waals surface area contributed by atoms with E-state index in [2.05, 4.69) is 21.0 Å². The molecule has 3 amide bonds. The summed E-state index contributed by atoms with van der Waals surface area (Å²) in [5, 5.41) is 8.80. The van der Waals surface area contributed by atoms with Gasteiger partial charge in [-0.25, -0.2) is 10.2 Å². The van der Waals surface area contributed by atoms with Crippen molar-refractivity contribution in [2.24, 2.45) is 11.8 Å². The minimum Gasteiger partial charge on any atom is -0.456 e. The number of pyridine rings is 1. The number of hydrazine groups is 1. The van der Waals surface area contributed by atoms with Gasteiger partial charge in [-0.05, 0) is 68.7 Å². The van der Waals surface area contributed by atoms with Crippen molar-refractivity contribution < 1.29 is 28.7 Å². The van der Waals surface area contributed by atoms with Crippen molar-refractivity contribution in [3.05, 3.63) is 47.8 Å². The Kier molecular flexibility index (Phi) is 9.86. The second-order valence-corrected chi connectivity index (χ2v) is 12.1. The highest BCUT2D eigenvalue weighted by atomic mass is 16.5. The van der Waals surface area contributed by atoms with Crippen LogP contribution in [0, 0.1) is 11.8 Å². The zero-order valence-corrected chi connectivity index (χ0v) is 26.0. The predicted octanol–water partition coefficient (Wildman–Crippen LogP) is 3.05. The van der Waals surface area contributed by atoms with Crippen LogP contribution in [-0.4, -0.2) is 71.1 Å². The number of methoxy groups -OCH3 is 1. The van der Waals surface area contributed by atoms with E-state index < -0.39 is 53.5 Å². The van der Waals surface area contributed by atoms with Crippen LogP contribution in [0.25, 0.3) is 16.8 Å². The summed E-state index contributed by atoms with van der Waals surface area (Å²) < 4.78 is 11.5. The summed E-state index contributed by atoms with van der Waals surface area (Å²) in [7, 11) is 1.52. The van der Waals surface area contributed by atoms with Crippen molar-refractivity contribution in [3.63, 3.8) is 0 Å². The fraction of sp³-hybridized carbons (Fsp3) is 0.531. The first-order valence-corrected chi connectivity index (χ1v) is 14.8. The van der Waals surface area contributed by atoms with Gasteiger partial charge in [0, 0.05) is 25.2 Å². The molecular formula is C32H43N5O6. The number of rotatable bonds is 2. The maximum Gasteiger partial charge on any atom is 0.328 e. The van der Waals surface area contributed by atoms with Crippen molar-refractivity contribution in [2.75, 3.05) is 13.7 Å². The Morgan fingerprint density at radius 3 is 2.49 bits per heavy atom. The minimum atomic E-state index is -1.13. The molecule has 3 heterocycles. The highest BCUT2D eigenvalue weighted by Crippen LogP contribution is 2.27. The van der Waals surface area contributed by atoms with Gasteiger partial charge >= 0.3 is 5.97 Å². The second-order valence-electron chi connectivity index (χ2n) is 12.1. The van der Waals surface area contributed by atoms with Gasteiger partial charge in [-0.3, -0.25) is 24.4 Å². The number of hydrogen-bond donors (Lipinski definition) is 3. The molecule has 3 N–H and O–H groups in total. The standard InChI is InChI=1S/C32H43N5O6/c1-18(2)27-29(39)34-20(4)30(40)37-14-8-13-32(6,36-37)31(41)43-21(5)22-9-10-23-17-33-25(16-24(23)15-22)11-12-26(42-7)19(3)28(38)35-27/h9-12,15-21,26-27,36H,8,13-14H2,1-7H3,(H,34,39)(H,35,38)/b12-11+/t19-,20+,21-,26-,27+,32-/m1/s1. The molecule has 43 heavy (non-hydrogen) atoms. The van der Waals surface area contributed by atoms with E-state index in [1.165, 1.54) is 12.1 Å². The van der Waals surface area contributed by atoms with E-state index in [0.29, 0.717) is 25.1 Å². The Morgan fingerprint density at radius 2 is 1.79 bits per heavy atom. The van der Waals surface area contributed by atoms with Crippen LogP contribution in [0.15, 0.2) is 36.5 Å². The fourth-order valence-electron chi connectivity index (χ4n) is 5.40. The van der Waals surface area contributed by atoms with Gasteiger partial charge in [0.15, 0.2) is 0 Å². The molecule has 11 heteroatoms. The van der Waals surface area contributed by atoms with Gasteiger partial charge in [-0.15, -0.1) is 0 Å². The number of fused-ring (bicyclic) bond motifs is 4. The Hall–Kier alpha value is -3.83. The molecule has 0 unspecified atom stereocenters. The number of aromatic nitrogens is 1. The fourth-order valence-corrected chi connectivity index (χ4v) is 5.40. The Labute approximate surface area is 252 Å². The maximum absolute atomic E-state index is 13.4. The molecule has 1 aromatic carbocycles. The molecular weight excluding hydrogens is 550 g/mol. The van der Waals surface area contributed by atoms with E-state index in [4.69, 9.17) is 9.47 Å². The summed E-state index contributed by atoms with van der Waals surface area (Å²) in [5.41, 5.74) is 3.41. The third kappa shape index (κ3) is 7.22. The maximum atomic E-state index is 13.4.